The Hall–Kier alpha value is -3.45. The average molecular weight is 376 g/mol. The van der Waals surface area contributed by atoms with Gasteiger partial charge in [0.05, 0.1) is 16.4 Å². The normalized spacial score (nSPS) is 11.1. The first-order valence-electron chi connectivity index (χ1n) is 8.27. The third-order valence-corrected chi connectivity index (χ3v) is 4.65. The Kier molecular flexibility index (Phi) is 4.67. The largest absolute Gasteiger partial charge is 0.457 e. The minimum absolute atomic E-state index is 0.237. The number of carbonyl (C=O) groups is 1. The van der Waals surface area contributed by atoms with E-state index in [0.717, 1.165) is 27.3 Å². The Morgan fingerprint density at radius 1 is 1.19 bits per heavy atom. The van der Waals surface area contributed by atoms with E-state index in [9.17, 15) is 4.79 Å². The lowest BCUT2D eigenvalue weighted by atomic mass is 10.3. The van der Waals surface area contributed by atoms with Crippen molar-refractivity contribution in [3.05, 3.63) is 72.6 Å². The lowest BCUT2D eigenvalue weighted by molar-refractivity contribution is -0.111. The molecule has 0 fully saturated rings. The molecule has 0 unspecified atom stereocenters. The van der Waals surface area contributed by atoms with E-state index in [1.807, 2.05) is 61.8 Å². The molecule has 4 rings (SSSR count). The van der Waals surface area contributed by atoms with Gasteiger partial charge in [0.2, 0.25) is 5.91 Å². The highest BCUT2D eigenvalue weighted by Gasteiger charge is 2.08. The van der Waals surface area contributed by atoms with Gasteiger partial charge in [0.15, 0.2) is 5.13 Å². The number of rotatable bonds is 5. The number of amides is 1. The number of ether oxygens (including phenoxy) is 1. The third kappa shape index (κ3) is 4.21. The Morgan fingerprint density at radius 3 is 2.81 bits per heavy atom. The molecule has 134 valence electrons. The maximum atomic E-state index is 12.1. The smallest absolute Gasteiger partial charge is 0.250 e. The molecule has 1 amide bonds. The number of hydrogen-bond donors (Lipinski definition) is 1. The number of benzene rings is 2. The first-order valence-corrected chi connectivity index (χ1v) is 9.08. The molecule has 0 aliphatic heterocycles. The Labute approximate surface area is 159 Å². The molecular weight excluding hydrogens is 360 g/mol. The van der Waals surface area contributed by atoms with Crippen LogP contribution in [0.5, 0.6) is 11.5 Å². The van der Waals surface area contributed by atoms with Gasteiger partial charge in [0.1, 0.15) is 11.5 Å². The highest BCUT2D eigenvalue weighted by Crippen LogP contribution is 2.31. The summed E-state index contributed by atoms with van der Waals surface area (Å²) in [6.07, 6.45) is 6.69. The number of hydrogen-bond acceptors (Lipinski definition) is 5. The van der Waals surface area contributed by atoms with Gasteiger partial charge < -0.3 is 4.74 Å². The molecule has 0 aliphatic carbocycles. The summed E-state index contributed by atoms with van der Waals surface area (Å²) in [5.41, 5.74) is 1.67. The second kappa shape index (κ2) is 7.43. The summed E-state index contributed by atoms with van der Waals surface area (Å²) in [6, 6.07) is 15.3. The minimum atomic E-state index is -0.237. The summed E-state index contributed by atoms with van der Waals surface area (Å²) >= 11 is 1.40. The van der Waals surface area contributed by atoms with Gasteiger partial charge in [0, 0.05) is 31.0 Å². The lowest BCUT2D eigenvalue weighted by Gasteiger charge is -2.04. The first-order chi connectivity index (χ1) is 13.2. The number of anilines is 1. The summed E-state index contributed by atoms with van der Waals surface area (Å²) in [6.45, 7) is 0. The first kappa shape index (κ1) is 17.0. The van der Waals surface area contributed by atoms with Crippen LogP contribution in [-0.2, 0) is 11.8 Å². The number of thiazole rings is 1. The van der Waals surface area contributed by atoms with E-state index in [-0.39, 0.29) is 5.91 Å². The van der Waals surface area contributed by atoms with Gasteiger partial charge in [-0.15, -0.1) is 0 Å². The molecular formula is C20H16N4O2S. The van der Waals surface area contributed by atoms with Gasteiger partial charge in [-0.25, -0.2) is 4.98 Å². The molecule has 0 radical (unpaired) electrons. The second-order valence-corrected chi connectivity index (χ2v) is 6.86. The number of para-hydroxylation sites is 1. The number of fused-ring (bicyclic) bond motifs is 1. The standard InChI is InChI=1S/C20H16N4O2S/c1-24-13-14(12-21-24)7-10-19(25)23-20-22-17-9-8-16(11-18(17)27-20)26-15-5-3-2-4-6-15/h2-13H,1H3,(H,22,23,25). The van der Waals surface area contributed by atoms with Gasteiger partial charge >= 0.3 is 0 Å². The topological polar surface area (TPSA) is 69.0 Å². The summed E-state index contributed by atoms with van der Waals surface area (Å²) in [5.74, 6) is 1.26. The molecule has 7 heteroatoms. The number of carbonyl (C=O) groups excluding carboxylic acids is 1. The lowest BCUT2D eigenvalue weighted by Crippen LogP contribution is -2.07. The number of nitrogens with one attached hydrogen (secondary N) is 1. The molecule has 2 aromatic heterocycles. The zero-order chi connectivity index (χ0) is 18.6. The van der Waals surface area contributed by atoms with Crippen LogP contribution < -0.4 is 10.1 Å². The van der Waals surface area contributed by atoms with Gasteiger partial charge in [-0.2, -0.15) is 5.10 Å². The van der Waals surface area contributed by atoms with Crippen molar-refractivity contribution in [2.75, 3.05) is 5.32 Å². The van der Waals surface area contributed by atoms with Crippen LogP contribution in [0, 0.1) is 0 Å². The monoisotopic (exact) mass is 376 g/mol. The molecule has 0 atom stereocenters. The van der Waals surface area contributed by atoms with Crippen LogP contribution in [0.4, 0.5) is 5.13 Å². The maximum Gasteiger partial charge on any atom is 0.250 e. The van der Waals surface area contributed by atoms with Crippen LogP contribution in [0.15, 0.2) is 67.0 Å². The number of aromatic nitrogens is 3. The fraction of sp³-hybridized carbons (Fsp3) is 0.0500. The molecule has 0 bridgehead atoms. The van der Waals surface area contributed by atoms with Gasteiger partial charge in [-0.1, -0.05) is 29.5 Å². The van der Waals surface area contributed by atoms with Crippen molar-refractivity contribution in [3.8, 4) is 11.5 Å². The molecule has 0 saturated heterocycles. The minimum Gasteiger partial charge on any atom is -0.457 e. The van der Waals surface area contributed by atoms with E-state index in [0.29, 0.717) is 5.13 Å². The van der Waals surface area contributed by atoms with E-state index < -0.39 is 0 Å². The van der Waals surface area contributed by atoms with Crippen molar-refractivity contribution in [1.29, 1.82) is 0 Å². The van der Waals surface area contributed by atoms with Crippen LogP contribution in [0.25, 0.3) is 16.3 Å². The summed E-state index contributed by atoms with van der Waals surface area (Å²) < 4.78 is 8.46. The van der Waals surface area contributed by atoms with Crippen molar-refractivity contribution in [2.45, 2.75) is 0 Å². The maximum absolute atomic E-state index is 12.1. The molecule has 0 spiro atoms. The van der Waals surface area contributed by atoms with E-state index in [4.69, 9.17) is 4.74 Å². The molecule has 0 aliphatic rings. The third-order valence-electron chi connectivity index (χ3n) is 3.72. The zero-order valence-electron chi connectivity index (χ0n) is 14.5. The molecule has 4 aromatic rings. The van der Waals surface area contributed by atoms with Crippen molar-refractivity contribution in [3.63, 3.8) is 0 Å². The van der Waals surface area contributed by atoms with Gasteiger partial charge in [-0.05, 0) is 30.3 Å². The van der Waals surface area contributed by atoms with Gasteiger partial charge in [-0.3, -0.25) is 14.8 Å². The number of aryl methyl sites for hydroxylation is 1. The van der Waals surface area contributed by atoms with Crippen molar-refractivity contribution in [2.24, 2.45) is 7.05 Å². The Morgan fingerprint density at radius 2 is 2.04 bits per heavy atom. The Balaban J connectivity index is 1.46. The second-order valence-electron chi connectivity index (χ2n) is 5.83. The van der Waals surface area contributed by atoms with E-state index >= 15 is 0 Å². The molecule has 6 nitrogen and oxygen atoms in total. The highest BCUT2D eigenvalue weighted by atomic mass is 32.1. The molecule has 2 aromatic carbocycles. The molecule has 27 heavy (non-hydrogen) atoms. The highest BCUT2D eigenvalue weighted by molar-refractivity contribution is 7.22. The van der Waals surface area contributed by atoms with Crippen LogP contribution in [-0.4, -0.2) is 20.7 Å². The number of nitrogens with zero attached hydrogens (tertiary/aromatic N) is 3. The van der Waals surface area contributed by atoms with E-state index in [2.05, 4.69) is 15.4 Å². The molecule has 0 saturated carbocycles. The average Bonchev–Trinajstić information content (AvgIpc) is 3.26. The van der Waals surface area contributed by atoms with Crippen LogP contribution in [0.3, 0.4) is 0 Å². The van der Waals surface area contributed by atoms with Crippen molar-refractivity contribution < 1.29 is 9.53 Å². The Bertz CT molecular complexity index is 1120. The molecule has 1 N–H and O–H groups in total. The SMILES string of the molecule is Cn1cc(C=CC(=O)Nc2nc3ccc(Oc4ccccc4)cc3s2)cn1. The zero-order valence-corrected chi connectivity index (χ0v) is 15.3. The van der Waals surface area contributed by atoms with Gasteiger partial charge in [0.25, 0.3) is 0 Å². The summed E-state index contributed by atoms with van der Waals surface area (Å²) in [5, 5.41) is 7.39. The van der Waals surface area contributed by atoms with Crippen LogP contribution >= 0.6 is 11.3 Å². The quantitative estimate of drug-likeness (QED) is 0.522. The summed E-state index contributed by atoms with van der Waals surface area (Å²) in [4.78, 5) is 16.5. The predicted molar refractivity (Wildman–Crippen MR) is 107 cm³/mol. The van der Waals surface area contributed by atoms with Crippen LogP contribution in [0.1, 0.15) is 5.56 Å². The fourth-order valence-corrected chi connectivity index (χ4v) is 3.39. The van der Waals surface area contributed by atoms with Crippen molar-refractivity contribution >= 4 is 38.7 Å². The predicted octanol–water partition coefficient (Wildman–Crippen LogP) is 4.47. The van der Waals surface area contributed by atoms with E-state index in [1.165, 1.54) is 17.4 Å². The fourth-order valence-electron chi connectivity index (χ4n) is 2.49. The van der Waals surface area contributed by atoms with Crippen molar-refractivity contribution in [1.82, 2.24) is 14.8 Å². The van der Waals surface area contributed by atoms with Crippen LogP contribution in [0.2, 0.25) is 0 Å². The molecule has 2 heterocycles. The summed E-state index contributed by atoms with van der Waals surface area (Å²) in [7, 11) is 1.83. The van der Waals surface area contributed by atoms with E-state index in [1.54, 1.807) is 17.0 Å².